The minimum atomic E-state index is -0.693. The summed E-state index contributed by atoms with van der Waals surface area (Å²) in [5.41, 5.74) is 2.63. The van der Waals surface area contributed by atoms with Crippen molar-refractivity contribution in [3.05, 3.63) is 52.4 Å². The van der Waals surface area contributed by atoms with Crippen molar-refractivity contribution in [2.24, 2.45) is 7.05 Å². The fourth-order valence-electron chi connectivity index (χ4n) is 4.02. The molecule has 8 nitrogen and oxygen atoms in total. The van der Waals surface area contributed by atoms with Crippen LogP contribution in [-0.4, -0.2) is 69.7 Å². The summed E-state index contributed by atoms with van der Waals surface area (Å²) in [6.07, 6.45) is 0.0307. The largest absolute Gasteiger partial charge is 0.507 e. The van der Waals surface area contributed by atoms with Crippen molar-refractivity contribution in [3.8, 4) is 5.75 Å². The van der Waals surface area contributed by atoms with Crippen LogP contribution < -0.4 is 4.74 Å². The number of aryl methyl sites for hydroxylation is 2. The zero-order chi connectivity index (χ0) is 23.7. The third kappa shape index (κ3) is 4.41. The van der Waals surface area contributed by atoms with Crippen LogP contribution in [0.2, 0.25) is 0 Å². The van der Waals surface area contributed by atoms with E-state index < -0.39 is 17.7 Å². The number of rotatable bonds is 7. The molecule has 172 valence electrons. The lowest BCUT2D eigenvalue weighted by molar-refractivity contribution is -0.140. The fourth-order valence-corrected chi connectivity index (χ4v) is 4.02. The normalized spacial score (nSPS) is 18.3. The number of nitrogens with zero attached hydrogens (tertiary/aromatic N) is 4. The van der Waals surface area contributed by atoms with Gasteiger partial charge in [0, 0.05) is 25.8 Å². The van der Waals surface area contributed by atoms with Crippen molar-refractivity contribution < 1.29 is 19.4 Å². The minimum Gasteiger partial charge on any atom is -0.507 e. The molecule has 0 radical (unpaired) electrons. The summed E-state index contributed by atoms with van der Waals surface area (Å²) in [5.74, 6) is -0.782. The van der Waals surface area contributed by atoms with Crippen LogP contribution in [0.5, 0.6) is 5.75 Å². The molecule has 1 saturated heterocycles. The van der Waals surface area contributed by atoms with Gasteiger partial charge in [-0.15, -0.1) is 0 Å². The molecule has 1 N–H and O–H groups in total. The first-order chi connectivity index (χ1) is 15.0. The number of hydrogen-bond acceptors (Lipinski definition) is 6. The third-order valence-corrected chi connectivity index (χ3v) is 5.64. The Morgan fingerprint density at radius 2 is 1.81 bits per heavy atom. The van der Waals surface area contributed by atoms with E-state index in [0.29, 0.717) is 30.1 Å². The zero-order valence-corrected chi connectivity index (χ0v) is 19.8. The second-order valence-corrected chi connectivity index (χ2v) is 8.70. The van der Waals surface area contributed by atoms with Crippen molar-refractivity contribution in [3.63, 3.8) is 0 Å². The Morgan fingerprint density at radius 3 is 2.31 bits per heavy atom. The van der Waals surface area contributed by atoms with E-state index in [-0.39, 0.29) is 17.4 Å². The highest BCUT2D eigenvalue weighted by molar-refractivity contribution is 6.46. The smallest absolute Gasteiger partial charge is 0.295 e. The van der Waals surface area contributed by atoms with E-state index in [4.69, 9.17) is 4.74 Å². The Hall–Kier alpha value is -3.13. The topological polar surface area (TPSA) is 87.9 Å². The monoisotopic (exact) mass is 440 g/mol. The summed E-state index contributed by atoms with van der Waals surface area (Å²) in [7, 11) is 5.59. The summed E-state index contributed by atoms with van der Waals surface area (Å²) in [6.45, 7) is 8.43. The highest BCUT2D eigenvalue weighted by atomic mass is 16.5. The molecule has 32 heavy (non-hydrogen) atoms. The van der Waals surface area contributed by atoms with Crippen LogP contribution in [-0.2, 0) is 16.6 Å². The maximum atomic E-state index is 13.1. The van der Waals surface area contributed by atoms with Crippen LogP contribution in [0, 0.1) is 13.8 Å². The minimum absolute atomic E-state index is 0.0307. The number of ketones is 1. The van der Waals surface area contributed by atoms with E-state index in [9.17, 15) is 14.7 Å². The maximum absolute atomic E-state index is 13.1. The van der Waals surface area contributed by atoms with Gasteiger partial charge in [-0.2, -0.15) is 5.10 Å². The fraction of sp³-hybridized carbons (Fsp3) is 0.458. The molecular formula is C24H32N4O4. The second-order valence-electron chi connectivity index (χ2n) is 8.70. The Morgan fingerprint density at radius 1 is 1.19 bits per heavy atom. The molecule has 0 spiro atoms. The van der Waals surface area contributed by atoms with Gasteiger partial charge in [-0.05, 0) is 59.5 Å². The number of amides is 1. The van der Waals surface area contributed by atoms with Gasteiger partial charge in [-0.25, -0.2) is 0 Å². The van der Waals surface area contributed by atoms with Crippen molar-refractivity contribution in [1.82, 2.24) is 19.6 Å². The standard InChI is InChI=1S/C24H32N4O4/c1-14(2)32-18-10-8-17(9-11-18)21-20(22(29)19-15(3)25-27(7)16(19)4)23(30)24(31)28(21)13-12-26(5)6/h8-11,14,21,29H,12-13H2,1-7H3/t21-/m1/s1. The van der Waals surface area contributed by atoms with E-state index in [1.165, 1.54) is 4.90 Å². The molecule has 1 aliphatic heterocycles. The molecular weight excluding hydrogens is 408 g/mol. The van der Waals surface area contributed by atoms with Gasteiger partial charge in [-0.1, -0.05) is 12.1 Å². The van der Waals surface area contributed by atoms with Crippen molar-refractivity contribution in [2.75, 3.05) is 27.2 Å². The van der Waals surface area contributed by atoms with Crippen LogP contribution >= 0.6 is 0 Å². The first-order valence-corrected chi connectivity index (χ1v) is 10.7. The van der Waals surface area contributed by atoms with E-state index in [2.05, 4.69) is 5.10 Å². The predicted octanol–water partition coefficient (Wildman–Crippen LogP) is 2.81. The Balaban J connectivity index is 2.15. The van der Waals surface area contributed by atoms with Crippen molar-refractivity contribution in [2.45, 2.75) is 39.8 Å². The van der Waals surface area contributed by atoms with Crippen LogP contribution in [0.1, 0.15) is 42.4 Å². The number of carbonyl (C=O) groups excluding carboxylic acids is 2. The average Bonchev–Trinajstić information content (AvgIpc) is 3.12. The quantitative estimate of drug-likeness (QED) is 0.405. The first-order valence-electron chi connectivity index (χ1n) is 10.7. The summed E-state index contributed by atoms with van der Waals surface area (Å²) < 4.78 is 7.38. The Kier molecular flexibility index (Phi) is 6.74. The summed E-state index contributed by atoms with van der Waals surface area (Å²) in [6, 6.07) is 6.63. The van der Waals surface area contributed by atoms with Gasteiger partial charge in [0.15, 0.2) is 0 Å². The molecule has 0 aliphatic carbocycles. The van der Waals surface area contributed by atoms with Gasteiger partial charge >= 0.3 is 0 Å². The van der Waals surface area contributed by atoms with Crippen LogP contribution in [0.3, 0.4) is 0 Å². The number of benzene rings is 1. The zero-order valence-electron chi connectivity index (χ0n) is 19.8. The van der Waals surface area contributed by atoms with Gasteiger partial charge in [0.05, 0.1) is 29.0 Å². The van der Waals surface area contributed by atoms with E-state index in [1.54, 1.807) is 18.7 Å². The number of Topliss-reactive ketones (excluding diaryl/α,β-unsaturated/α-hetero) is 1. The number of carbonyl (C=O) groups is 2. The number of aliphatic hydroxyl groups is 1. The molecule has 0 unspecified atom stereocenters. The molecule has 1 fully saturated rings. The van der Waals surface area contributed by atoms with Gasteiger partial charge in [0.2, 0.25) is 0 Å². The van der Waals surface area contributed by atoms with Crippen molar-refractivity contribution in [1.29, 1.82) is 0 Å². The van der Waals surface area contributed by atoms with Crippen molar-refractivity contribution >= 4 is 17.4 Å². The lowest BCUT2D eigenvalue weighted by Crippen LogP contribution is -2.35. The van der Waals surface area contributed by atoms with Gasteiger partial charge in [0.1, 0.15) is 11.5 Å². The highest BCUT2D eigenvalue weighted by Gasteiger charge is 2.46. The second kappa shape index (κ2) is 9.16. The molecule has 1 aromatic carbocycles. The summed E-state index contributed by atoms with van der Waals surface area (Å²) >= 11 is 0. The molecule has 1 aliphatic rings. The van der Waals surface area contributed by atoms with Gasteiger partial charge < -0.3 is 19.6 Å². The first kappa shape index (κ1) is 23.5. The number of ether oxygens (including phenoxy) is 1. The molecule has 2 aromatic rings. The highest BCUT2D eigenvalue weighted by Crippen LogP contribution is 2.40. The molecule has 1 aromatic heterocycles. The molecule has 1 amide bonds. The summed E-state index contributed by atoms with van der Waals surface area (Å²) in [4.78, 5) is 29.6. The molecule has 3 rings (SSSR count). The van der Waals surface area contributed by atoms with Crippen LogP contribution in [0.15, 0.2) is 29.8 Å². The van der Waals surface area contributed by atoms with Crippen LogP contribution in [0.4, 0.5) is 0 Å². The van der Waals surface area contributed by atoms with E-state index in [0.717, 1.165) is 11.3 Å². The summed E-state index contributed by atoms with van der Waals surface area (Å²) in [5, 5.41) is 15.6. The Labute approximate surface area is 189 Å². The van der Waals surface area contributed by atoms with E-state index >= 15 is 0 Å². The third-order valence-electron chi connectivity index (χ3n) is 5.64. The average molecular weight is 441 g/mol. The number of aliphatic hydroxyl groups excluding tert-OH is 1. The molecule has 1 atom stereocenters. The molecule has 2 heterocycles. The van der Waals surface area contributed by atoms with Gasteiger partial charge in [0.25, 0.3) is 11.7 Å². The number of aromatic nitrogens is 2. The number of likely N-dealkylation sites (N-methyl/N-ethyl adjacent to an activating group) is 1. The van der Waals surface area contributed by atoms with Gasteiger partial charge in [-0.3, -0.25) is 14.3 Å². The molecule has 0 saturated carbocycles. The predicted molar refractivity (Wildman–Crippen MR) is 122 cm³/mol. The number of hydrogen-bond donors (Lipinski definition) is 1. The lowest BCUT2D eigenvalue weighted by atomic mass is 9.94. The SMILES string of the molecule is Cc1nn(C)c(C)c1C(O)=C1C(=O)C(=O)N(CCN(C)C)[C@@H]1c1ccc(OC(C)C)cc1. The van der Waals surface area contributed by atoms with E-state index in [1.807, 2.05) is 64.0 Å². The Bertz CT molecular complexity index is 1050. The number of likely N-dealkylation sites (tertiary alicyclic amines) is 1. The maximum Gasteiger partial charge on any atom is 0.295 e. The molecule has 8 heteroatoms. The molecule has 0 bridgehead atoms. The lowest BCUT2D eigenvalue weighted by Gasteiger charge is -2.26. The van der Waals surface area contributed by atoms with Crippen LogP contribution in [0.25, 0.3) is 5.76 Å².